The molecule has 6 N–H and O–H groups in total. The fourth-order valence-corrected chi connectivity index (χ4v) is 2.86. The number of aryl methyl sites for hydroxylation is 1. The number of hydrogen-bond donors (Lipinski definition) is 2. The summed E-state index contributed by atoms with van der Waals surface area (Å²) in [6.07, 6.45) is 0. The zero-order valence-electron chi connectivity index (χ0n) is 12.7. The first-order valence-electron chi connectivity index (χ1n) is 6.35. The molecular weight excluding hydrogens is 355 g/mol. The Hall–Kier alpha value is -1.19. The normalized spacial score (nSPS) is 10.0. The number of sulfonamides is 1. The van der Waals surface area contributed by atoms with Crippen molar-refractivity contribution in [2.24, 2.45) is 5.73 Å². The molecule has 0 aliphatic heterocycles. The molecule has 2 aromatic rings. The minimum absolute atomic E-state index is 0. The van der Waals surface area contributed by atoms with Crippen molar-refractivity contribution in [2.45, 2.75) is 24.9 Å². The summed E-state index contributed by atoms with van der Waals surface area (Å²) in [4.78, 5) is 0.276. The van der Waals surface area contributed by atoms with Crippen LogP contribution in [0.2, 0.25) is 0 Å². The van der Waals surface area contributed by atoms with Gasteiger partial charge in [0.2, 0.25) is 10.0 Å². The summed E-state index contributed by atoms with van der Waals surface area (Å²) in [5.74, 6) is 0. The first-order valence-corrected chi connectivity index (χ1v) is 7.84. The van der Waals surface area contributed by atoms with Gasteiger partial charge in [-0.25, -0.2) is 13.1 Å². The van der Waals surface area contributed by atoms with Crippen molar-refractivity contribution in [3.63, 3.8) is 0 Å². The summed E-state index contributed by atoms with van der Waals surface area (Å²) in [6.45, 7) is 2.62. The first kappa shape index (κ1) is 24.1. The molecule has 0 heterocycles. The number of nitrogens with two attached hydrogens (primary N) is 1. The number of benzene rings is 2. The Morgan fingerprint density at radius 1 is 1.04 bits per heavy atom. The van der Waals surface area contributed by atoms with E-state index in [1.807, 2.05) is 31.2 Å². The van der Waals surface area contributed by atoms with E-state index in [4.69, 9.17) is 5.73 Å². The van der Waals surface area contributed by atoms with Gasteiger partial charge < -0.3 is 16.7 Å². The minimum Gasteiger partial charge on any atom is -0.870 e. The molecule has 8 heteroatoms. The number of nitrogens with one attached hydrogen (secondary N) is 1. The van der Waals surface area contributed by atoms with Gasteiger partial charge in [0.25, 0.3) is 0 Å². The third-order valence-corrected chi connectivity index (χ3v) is 4.44. The quantitative estimate of drug-likeness (QED) is 0.803. The monoisotopic (exact) mass is 376 g/mol. The molecule has 0 aliphatic carbocycles. The Morgan fingerprint density at radius 3 is 2.17 bits per heavy atom. The third kappa shape index (κ3) is 6.84. The second kappa shape index (κ2) is 10.6. The molecule has 1 radical (unpaired) electrons. The topological polar surface area (TPSA) is 134 Å². The molecular formula is C15H21N2O4SV-. The van der Waals surface area contributed by atoms with Gasteiger partial charge in [-0.1, -0.05) is 42.0 Å². The van der Waals surface area contributed by atoms with Crippen LogP contribution in [0.5, 0.6) is 0 Å². The van der Waals surface area contributed by atoms with Crippen LogP contribution in [-0.2, 0) is 41.7 Å². The van der Waals surface area contributed by atoms with Crippen molar-refractivity contribution in [1.29, 1.82) is 0 Å². The Bertz CT molecular complexity index is 691. The minimum atomic E-state index is -3.48. The third-order valence-electron chi connectivity index (χ3n) is 3.02. The fraction of sp³-hybridized carbons (Fsp3) is 0.200. The molecule has 2 rings (SSSR count). The maximum Gasteiger partial charge on any atom is 0.240 e. The molecule has 0 fully saturated rings. The average molecular weight is 376 g/mol. The number of rotatable bonds is 5. The fourth-order valence-electron chi connectivity index (χ4n) is 1.85. The van der Waals surface area contributed by atoms with Crippen LogP contribution in [0.1, 0.15) is 16.7 Å². The van der Waals surface area contributed by atoms with Gasteiger partial charge in [-0.3, -0.25) is 0 Å². The van der Waals surface area contributed by atoms with Crippen LogP contribution in [0.3, 0.4) is 0 Å². The van der Waals surface area contributed by atoms with E-state index < -0.39 is 10.0 Å². The van der Waals surface area contributed by atoms with E-state index in [1.54, 1.807) is 24.3 Å². The molecule has 2 aromatic carbocycles. The molecule has 0 unspecified atom stereocenters. The van der Waals surface area contributed by atoms with Crippen molar-refractivity contribution in [3.05, 3.63) is 65.2 Å². The number of hydrogen-bond acceptors (Lipinski definition) is 4. The molecule has 6 nitrogen and oxygen atoms in total. The van der Waals surface area contributed by atoms with E-state index in [0.717, 1.165) is 16.7 Å². The van der Waals surface area contributed by atoms with E-state index in [0.29, 0.717) is 6.54 Å². The summed E-state index contributed by atoms with van der Waals surface area (Å²) >= 11 is 0. The van der Waals surface area contributed by atoms with Crippen LogP contribution in [0.4, 0.5) is 0 Å². The van der Waals surface area contributed by atoms with Crippen LogP contribution in [0, 0.1) is 6.92 Å². The van der Waals surface area contributed by atoms with E-state index in [1.165, 1.54) is 0 Å². The molecule has 0 amide bonds. The second-order valence-electron chi connectivity index (χ2n) is 4.66. The van der Waals surface area contributed by atoms with Gasteiger partial charge in [-0.15, -0.1) is 0 Å². The van der Waals surface area contributed by atoms with Crippen molar-refractivity contribution in [2.75, 3.05) is 0 Å². The van der Waals surface area contributed by atoms with Crippen LogP contribution < -0.4 is 10.5 Å². The van der Waals surface area contributed by atoms with Crippen LogP contribution in [0.25, 0.3) is 0 Å². The van der Waals surface area contributed by atoms with Crippen LogP contribution in [0.15, 0.2) is 53.4 Å². The van der Waals surface area contributed by atoms with E-state index in [-0.39, 0.29) is 40.9 Å². The van der Waals surface area contributed by atoms with Gasteiger partial charge in [0.1, 0.15) is 0 Å². The maximum absolute atomic E-state index is 12.1. The van der Waals surface area contributed by atoms with Crippen molar-refractivity contribution in [3.8, 4) is 0 Å². The van der Waals surface area contributed by atoms with Crippen LogP contribution >= 0.6 is 0 Å². The summed E-state index contributed by atoms with van der Waals surface area (Å²) < 4.78 is 26.9. The second-order valence-corrected chi connectivity index (χ2v) is 6.43. The summed E-state index contributed by atoms with van der Waals surface area (Å²) in [5, 5.41) is 0. The zero-order chi connectivity index (χ0) is 14.6. The van der Waals surface area contributed by atoms with Gasteiger partial charge in [-0.05, 0) is 30.2 Å². The molecule has 23 heavy (non-hydrogen) atoms. The molecule has 0 bridgehead atoms. The van der Waals surface area contributed by atoms with Gasteiger partial charge >= 0.3 is 0 Å². The predicted octanol–water partition coefficient (Wildman–Crippen LogP) is 0.928. The smallest absolute Gasteiger partial charge is 0.240 e. The van der Waals surface area contributed by atoms with E-state index >= 15 is 0 Å². The summed E-state index contributed by atoms with van der Waals surface area (Å²) in [6, 6.07) is 14.3. The zero-order valence-corrected chi connectivity index (χ0v) is 14.9. The molecule has 0 saturated heterocycles. The molecule has 127 valence electrons. The SMILES string of the molecule is Cc1ccc(S(=O)(=O)NCc2cccc(CN)c2)cc1.O.[OH-].[V]. The first-order chi connectivity index (χ1) is 9.51. The molecule has 0 aromatic heterocycles. The Morgan fingerprint density at radius 2 is 1.61 bits per heavy atom. The molecule has 0 aliphatic rings. The standard InChI is InChI=1S/C15H18N2O2S.2H2O.V/c1-12-5-7-15(8-6-12)20(18,19)17-11-14-4-2-3-13(9-14)10-16;;;/h2-9,17H,10-11,16H2,1H3;2*1H2;/p-1. The average Bonchev–Trinajstić information content (AvgIpc) is 2.46. The van der Waals surface area contributed by atoms with Gasteiger partial charge in [-0.2, -0.15) is 0 Å². The van der Waals surface area contributed by atoms with Gasteiger partial charge in [0, 0.05) is 31.6 Å². The Balaban J connectivity index is 0. The van der Waals surface area contributed by atoms with Crippen LogP contribution in [-0.4, -0.2) is 19.4 Å². The molecule has 0 spiro atoms. The Kier molecular flexibility index (Phi) is 11.1. The van der Waals surface area contributed by atoms with E-state index in [9.17, 15) is 8.42 Å². The largest absolute Gasteiger partial charge is 0.870 e. The summed E-state index contributed by atoms with van der Waals surface area (Å²) in [7, 11) is -3.48. The molecule has 0 saturated carbocycles. The Labute approximate surface area is 148 Å². The van der Waals surface area contributed by atoms with Gasteiger partial charge in [0.05, 0.1) is 4.90 Å². The van der Waals surface area contributed by atoms with Crippen molar-refractivity contribution < 1.29 is 37.9 Å². The van der Waals surface area contributed by atoms with Crippen molar-refractivity contribution in [1.82, 2.24) is 4.72 Å². The summed E-state index contributed by atoms with van der Waals surface area (Å²) in [5.41, 5.74) is 8.47. The van der Waals surface area contributed by atoms with Gasteiger partial charge in [0.15, 0.2) is 0 Å². The van der Waals surface area contributed by atoms with E-state index in [2.05, 4.69) is 4.72 Å². The predicted molar refractivity (Wildman–Crippen MR) is 85.1 cm³/mol. The maximum atomic E-state index is 12.1. The molecule has 0 atom stereocenters. The van der Waals surface area contributed by atoms with Crippen molar-refractivity contribution >= 4 is 10.0 Å².